The molecular weight excluding hydrogens is 499 g/mol. The molecule has 0 bridgehead atoms. The van der Waals surface area contributed by atoms with Crippen molar-refractivity contribution in [2.45, 2.75) is 33.1 Å². The molecular formula is C19H26F2IN3O4. The minimum Gasteiger partial charge on any atom is -0.490 e. The first-order chi connectivity index (χ1) is 13.5. The summed E-state index contributed by atoms with van der Waals surface area (Å²) in [5.74, 6) is 1.05. The predicted molar refractivity (Wildman–Crippen MR) is 116 cm³/mol. The van der Waals surface area contributed by atoms with Gasteiger partial charge in [0, 0.05) is 12.1 Å². The van der Waals surface area contributed by atoms with Crippen molar-refractivity contribution in [3.63, 3.8) is 0 Å². The van der Waals surface area contributed by atoms with Crippen LogP contribution in [-0.2, 0) is 6.54 Å². The second-order valence-corrected chi connectivity index (χ2v) is 5.66. The molecule has 0 aliphatic carbocycles. The van der Waals surface area contributed by atoms with E-state index in [9.17, 15) is 13.9 Å². The number of furan rings is 1. The molecule has 29 heavy (non-hydrogen) atoms. The van der Waals surface area contributed by atoms with Crippen LogP contribution in [0.25, 0.3) is 0 Å². The second-order valence-electron chi connectivity index (χ2n) is 5.66. The molecule has 0 saturated carbocycles. The molecule has 0 amide bonds. The SMILES string of the molecule is CCNC(=NCc1cccc(OCC)c1OC(F)F)NCC(O)c1ccco1.I. The third kappa shape index (κ3) is 8.05. The molecule has 1 atom stereocenters. The number of hydrogen-bond donors (Lipinski definition) is 3. The number of halogens is 3. The van der Waals surface area contributed by atoms with Crippen molar-refractivity contribution < 1.29 is 27.8 Å². The molecule has 1 aromatic carbocycles. The quantitative estimate of drug-likeness (QED) is 0.249. The summed E-state index contributed by atoms with van der Waals surface area (Å²) >= 11 is 0. The smallest absolute Gasteiger partial charge is 0.387 e. The second kappa shape index (κ2) is 13.2. The summed E-state index contributed by atoms with van der Waals surface area (Å²) in [5.41, 5.74) is 0.454. The molecule has 2 rings (SSSR count). The Morgan fingerprint density at radius 3 is 2.62 bits per heavy atom. The normalized spacial score (nSPS) is 12.3. The number of alkyl halides is 2. The van der Waals surface area contributed by atoms with Gasteiger partial charge in [-0.3, -0.25) is 0 Å². The van der Waals surface area contributed by atoms with E-state index < -0.39 is 12.7 Å². The molecule has 1 heterocycles. The summed E-state index contributed by atoms with van der Waals surface area (Å²) < 4.78 is 40.8. The number of aliphatic hydroxyl groups is 1. The number of aliphatic hydroxyl groups excluding tert-OH is 1. The van der Waals surface area contributed by atoms with Crippen LogP contribution in [0.1, 0.15) is 31.3 Å². The molecule has 0 fully saturated rings. The van der Waals surface area contributed by atoms with Gasteiger partial charge in [-0.15, -0.1) is 24.0 Å². The molecule has 1 unspecified atom stereocenters. The first kappa shape index (κ1) is 25.0. The van der Waals surface area contributed by atoms with Gasteiger partial charge in [0.2, 0.25) is 0 Å². The molecule has 0 spiro atoms. The summed E-state index contributed by atoms with van der Waals surface area (Å²) in [6.45, 7) is 1.83. The maximum Gasteiger partial charge on any atom is 0.387 e. The molecule has 0 saturated heterocycles. The lowest BCUT2D eigenvalue weighted by atomic mass is 10.2. The Labute approximate surface area is 185 Å². The van der Waals surface area contributed by atoms with E-state index in [-0.39, 0.29) is 48.6 Å². The fourth-order valence-electron chi connectivity index (χ4n) is 2.46. The van der Waals surface area contributed by atoms with Gasteiger partial charge >= 0.3 is 6.61 Å². The van der Waals surface area contributed by atoms with Gasteiger partial charge in [-0.05, 0) is 32.0 Å². The zero-order valence-electron chi connectivity index (χ0n) is 16.2. The first-order valence-electron chi connectivity index (χ1n) is 8.98. The average molecular weight is 525 g/mol. The number of para-hydroxylation sites is 1. The third-order valence-electron chi connectivity index (χ3n) is 3.65. The van der Waals surface area contributed by atoms with Crippen molar-refractivity contribution in [2.75, 3.05) is 19.7 Å². The van der Waals surface area contributed by atoms with Crippen molar-refractivity contribution in [3.8, 4) is 11.5 Å². The molecule has 10 heteroatoms. The van der Waals surface area contributed by atoms with E-state index in [4.69, 9.17) is 9.15 Å². The Morgan fingerprint density at radius 2 is 2.00 bits per heavy atom. The fourth-order valence-corrected chi connectivity index (χ4v) is 2.46. The monoisotopic (exact) mass is 525 g/mol. The van der Waals surface area contributed by atoms with E-state index in [0.717, 1.165) is 0 Å². The Hall–Kier alpha value is -2.08. The lowest BCUT2D eigenvalue weighted by Gasteiger charge is -2.16. The Bertz CT molecular complexity index is 745. The van der Waals surface area contributed by atoms with Gasteiger partial charge in [0.1, 0.15) is 11.9 Å². The lowest BCUT2D eigenvalue weighted by Crippen LogP contribution is -2.39. The summed E-state index contributed by atoms with van der Waals surface area (Å²) in [5, 5.41) is 16.1. The van der Waals surface area contributed by atoms with Crippen molar-refractivity contribution in [1.29, 1.82) is 0 Å². The van der Waals surface area contributed by atoms with Crippen LogP contribution in [0.3, 0.4) is 0 Å². The topological polar surface area (TPSA) is 88.3 Å². The average Bonchev–Trinajstić information content (AvgIpc) is 3.20. The van der Waals surface area contributed by atoms with Crippen molar-refractivity contribution >= 4 is 29.9 Å². The predicted octanol–water partition coefficient (Wildman–Crippen LogP) is 3.69. The van der Waals surface area contributed by atoms with Crippen LogP contribution in [0.15, 0.2) is 46.0 Å². The van der Waals surface area contributed by atoms with Gasteiger partial charge in [0.15, 0.2) is 17.5 Å². The number of guanidine groups is 1. The number of ether oxygens (including phenoxy) is 2. The van der Waals surface area contributed by atoms with E-state index in [1.807, 2.05) is 6.92 Å². The van der Waals surface area contributed by atoms with E-state index in [1.165, 1.54) is 6.26 Å². The minimum atomic E-state index is -2.97. The van der Waals surface area contributed by atoms with Gasteiger partial charge in [-0.1, -0.05) is 12.1 Å². The maximum absolute atomic E-state index is 12.8. The van der Waals surface area contributed by atoms with Crippen LogP contribution >= 0.6 is 24.0 Å². The van der Waals surface area contributed by atoms with Crippen LogP contribution in [0.2, 0.25) is 0 Å². The van der Waals surface area contributed by atoms with Crippen LogP contribution in [0, 0.1) is 0 Å². The molecule has 2 aromatic rings. The first-order valence-corrected chi connectivity index (χ1v) is 8.98. The van der Waals surface area contributed by atoms with Gasteiger partial charge in [-0.25, -0.2) is 4.99 Å². The molecule has 162 valence electrons. The molecule has 3 N–H and O–H groups in total. The number of rotatable bonds is 10. The molecule has 0 aliphatic heterocycles. The zero-order valence-corrected chi connectivity index (χ0v) is 18.6. The largest absolute Gasteiger partial charge is 0.490 e. The van der Waals surface area contributed by atoms with E-state index in [1.54, 1.807) is 37.3 Å². The number of nitrogens with zero attached hydrogens (tertiary/aromatic N) is 1. The highest BCUT2D eigenvalue weighted by Crippen LogP contribution is 2.33. The highest BCUT2D eigenvalue weighted by Gasteiger charge is 2.16. The lowest BCUT2D eigenvalue weighted by molar-refractivity contribution is -0.0520. The number of aliphatic imine (C=N–C) groups is 1. The van der Waals surface area contributed by atoms with Crippen molar-refractivity contribution in [2.24, 2.45) is 4.99 Å². The summed E-state index contributed by atoms with van der Waals surface area (Å²) in [4.78, 5) is 4.38. The standard InChI is InChI=1S/C19H25F2N3O4.HI/c1-3-22-19(24-12-14(25)15-9-6-10-27-15)23-11-13-7-5-8-16(26-4-2)17(13)28-18(20)21;/h5-10,14,18,25H,3-4,11-12H2,1-2H3,(H2,22,23,24);1H. The van der Waals surface area contributed by atoms with E-state index >= 15 is 0 Å². The molecule has 0 radical (unpaired) electrons. The number of benzene rings is 1. The van der Waals surface area contributed by atoms with Crippen LogP contribution < -0.4 is 20.1 Å². The molecule has 1 aromatic heterocycles. The summed E-state index contributed by atoms with van der Waals surface area (Å²) in [6.07, 6.45) is 0.631. The minimum absolute atomic E-state index is 0. The van der Waals surface area contributed by atoms with Crippen LogP contribution in [0.4, 0.5) is 8.78 Å². The van der Waals surface area contributed by atoms with Gasteiger partial charge in [-0.2, -0.15) is 8.78 Å². The van der Waals surface area contributed by atoms with Crippen LogP contribution in [-0.4, -0.2) is 37.4 Å². The van der Waals surface area contributed by atoms with Gasteiger partial charge in [0.05, 0.1) is 26.0 Å². The highest BCUT2D eigenvalue weighted by atomic mass is 127. The molecule has 0 aliphatic rings. The van der Waals surface area contributed by atoms with E-state index in [0.29, 0.717) is 30.4 Å². The van der Waals surface area contributed by atoms with Gasteiger partial charge < -0.3 is 29.6 Å². The summed E-state index contributed by atoms with van der Waals surface area (Å²) in [7, 11) is 0. The number of hydrogen-bond acceptors (Lipinski definition) is 5. The Balaban J connectivity index is 0.00000420. The van der Waals surface area contributed by atoms with E-state index in [2.05, 4.69) is 20.4 Å². The fraction of sp³-hybridized carbons (Fsp3) is 0.421. The van der Waals surface area contributed by atoms with Crippen molar-refractivity contribution in [3.05, 3.63) is 47.9 Å². The van der Waals surface area contributed by atoms with Crippen LogP contribution in [0.5, 0.6) is 11.5 Å². The third-order valence-corrected chi connectivity index (χ3v) is 3.65. The Morgan fingerprint density at radius 1 is 1.21 bits per heavy atom. The Kier molecular flexibility index (Phi) is 11.4. The zero-order chi connectivity index (χ0) is 20.4. The molecule has 7 nitrogen and oxygen atoms in total. The summed E-state index contributed by atoms with van der Waals surface area (Å²) in [6, 6.07) is 8.26. The number of nitrogens with one attached hydrogen (secondary N) is 2. The van der Waals surface area contributed by atoms with Gasteiger partial charge in [0.25, 0.3) is 0 Å². The van der Waals surface area contributed by atoms with Crippen molar-refractivity contribution in [1.82, 2.24) is 10.6 Å². The maximum atomic E-state index is 12.8. The highest BCUT2D eigenvalue weighted by molar-refractivity contribution is 14.0.